The Bertz CT molecular complexity index is 710. The number of sulfonamides is 1. The van der Waals surface area contributed by atoms with Crippen molar-refractivity contribution in [2.75, 3.05) is 0 Å². The van der Waals surface area contributed by atoms with Crippen molar-refractivity contribution in [1.82, 2.24) is 4.72 Å². The summed E-state index contributed by atoms with van der Waals surface area (Å²) < 4.78 is 27.3. The molecule has 112 valence electrons. The zero-order valence-corrected chi connectivity index (χ0v) is 13.4. The predicted molar refractivity (Wildman–Crippen MR) is 84.1 cm³/mol. The van der Waals surface area contributed by atoms with Crippen molar-refractivity contribution in [2.45, 2.75) is 34.6 Å². The maximum atomic E-state index is 12.3. The molecule has 0 aliphatic carbocycles. The maximum Gasteiger partial charge on any atom is 0.241 e. The van der Waals surface area contributed by atoms with E-state index in [4.69, 9.17) is 0 Å². The number of aromatic hydroxyl groups is 1. The molecule has 2 aromatic rings. The Balaban J connectivity index is 2.35. The summed E-state index contributed by atoms with van der Waals surface area (Å²) in [6, 6.07) is 13.4. The lowest BCUT2D eigenvalue weighted by Crippen LogP contribution is -2.30. The number of hydrogen-bond acceptors (Lipinski definition) is 4. The van der Waals surface area contributed by atoms with E-state index in [1.54, 1.807) is 62.4 Å². The molecular formula is C15H17NO3S2. The molecule has 0 atom stereocenters. The van der Waals surface area contributed by atoms with Gasteiger partial charge in [-0.1, -0.05) is 23.9 Å². The summed E-state index contributed by atoms with van der Waals surface area (Å²) in [5.74, 6) is 0.182. The first-order valence-electron chi connectivity index (χ1n) is 6.47. The van der Waals surface area contributed by atoms with Crippen LogP contribution in [0, 0.1) is 0 Å². The quantitative estimate of drug-likeness (QED) is 0.886. The lowest BCUT2D eigenvalue weighted by molar-refractivity contribution is 0.475. The van der Waals surface area contributed by atoms with Gasteiger partial charge >= 0.3 is 0 Å². The van der Waals surface area contributed by atoms with Crippen LogP contribution in [-0.4, -0.2) is 19.6 Å². The topological polar surface area (TPSA) is 66.4 Å². The van der Waals surface area contributed by atoms with Gasteiger partial charge in [-0.25, -0.2) is 13.1 Å². The van der Waals surface area contributed by atoms with Gasteiger partial charge in [0.15, 0.2) is 0 Å². The molecule has 0 saturated carbocycles. The fraction of sp³-hybridized carbons (Fsp3) is 0.200. The fourth-order valence-corrected chi connectivity index (χ4v) is 4.41. The largest absolute Gasteiger partial charge is 0.508 e. The third-order valence-electron chi connectivity index (χ3n) is 2.59. The van der Waals surface area contributed by atoms with Crippen LogP contribution in [0.3, 0.4) is 0 Å². The standard InChI is InChI=1S/C15H17NO3S2/c1-11(2)16-21(18,19)15-6-4-3-5-14(15)20-13-9-7-12(17)8-10-13/h3-11,16-17H,1-2H3. The van der Waals surface area contributed by atoms with E-state index >= 15 is 0 Å². The summed E-state index contributed by atoms with van der Waals surface area (Å²) in [6.45, 7) is 3.57. The van der Waals surface area contributed by atoms with E-state index in [-0.39, 0.29) is 16.7 Å². The molecule has 0 saturated heterocycles. The monoisotopic (exact) mass is 323 g/mol. The lowest BCUT2D eigenvalue weighted by atomic mass is 10.3. The Kier molecular flexibility index (Phi) is 4.92. The Morgan fingerprint density at radius 2 is 1.67 bits per heavy atom. The Morgan fingerprint density at radius 3 is 2.29 bits per heavy atom. The molecule has 0 aromatic heterocycles. The summed E-state index contributed by atoms with van der Waals surface area (Å²) in [5.41, 5.74) is 0. The van der Waals surface area contributed by atoms with Crippen LogP contribution in [-0.2, 0) is 10.0 Å². The Labute approximate surface area is 129 Å². The minimum atomic E-state index is -3.54. The van der Waals surface area contributed by atoms with Crippen LogP contribution in [0.15, 0.2) is 63.2 Å². The van der Waals surface area contributed by atoms with Gasteiger partial charge in [-0.3, -0.25) is 0 Å². The predicted octanol–water partition coefficient (Wildman–Crippen LogP) is 3.23. The van der Waals surface area contributed by atoms with Crippen LogP contribution >= 0.6 is 11.8 Å². The van der Waals surface area contributed by atoms with Gasteiger partial charge in [0.05, 0.1) is 4.90 Å². The average molecular weight is 323 g/mol. The van der Waals surface area contributed by atoms with Crippen LogP contribution in [0.1, 0.15) is 13.8 Å². The van der Waals surface area contributed by atoms with Crippen molar-refractivity contribution in [2.24, 2.45) is 0 Å². The second-order valence-corrected chi connectivity index (χ2v) is 7.62. The van der Waals surface area contributed by atoms with Crippen LogP contribution in [0.25, 0.3) is 0 Å². The zero-order valence-electron chi connectivity index (χ0n) is 11.8. The third-order valence-corrected chi connectivity index (χ3v) is 5.52. The fourth-order valence-electron chi connectivity index (χ4n) is 1.77. The molecule has 0 unspecified atom stereocenters. The molecule has 0 heterocycles. The van der Waals surface area contributed by atoms with E-state index in [2.05, 4.69) is 4.72 Å². The Morgan fingerprint density at radius 1 is 1.05 bits per heavy atom. The minimum Gasteiger partial charge on any atom is -0.508 e. The average Bonchev–Trinajstić information content (AvgIpc) is 2.40. The molecule has 21 heavy (non-hydrogen) atoms. The second kappa shape index (κ2) is 6.51. The van der Waals surface area contributed by atoms with Crippen LogP contribution in [0.2, 0.25) is 0 Å². The zero-order chi connectivity index (χ0) is 15.5. The second-order valence-electron chi connectivity index (χ2n) is 4.82. The summed E-state index contributed by atoms with van der Waals surface area (Å²) >= 11 is 1.35. The van der Waals surface area contributed by atoms with Gasteiger partial charge in [-0.05, 0) is 50.2 Å². The number of phenolic OH excluding ortho intramolecular Hbond substituents is 1. The van der Waals surface area contributed by atoms with Crippen LogP contribution in [0.4, 0.5) is 0 Å². The molecule has 0 bridgehead atoms. The van der Waals surface area contributed by atoms with Gasteiger partial charge in [0.1, 0.15) is 5.75 Å². The number of benzene rings is 2. The van der Waals surface area contributed by atoms with E-state index in [9.17, 15) is 13.5 Å². The highest BCUT2D eigenvalue weighted by atomic mass is 32.2. The summed E-state index contributed by atoms with van der Waals surface area (Å²) in [4.78, 5) is 1.77. The van der Waals surface area contributed by atoms with Gasteiger partial charge in [0.2, 0.25) is 10.0 Å². The molecule has 2 aromatic carbocycles. The van der Waals surface area contributed by atoms with Crippen molar-refractivity contribution < 1.29 is 13.5 Å². The van der Waals surface area contributed by atoms with E-state index in [1.807, 2.05) is 0 Å². The number of rotatable bonds is 5. The molecule has 0 spiro atoms. The molecule has 0 radical (unpaired) electrons. The highest BCUT2D eigenvalue weighted by Gasteiger charge is 2.19. The molecule has 6 heteroatoms. The van der Waals surface area contributed by atoms with Crippen LogP contribution in [0.5, 0.6) is 5.75 Å². The smallest absolute Gasteiger partial charge is 0.241 e. The molecule has 4 nitrogen and oxygen atoms in total. The van der Waals surface area contributed by atoms with Crippen molar-refractivity contribution in [3.63, 3.8) is 0 Å². The van der Waals surface area contributed by atoms with Gasteiger partial charge in [0.25, 0.3) is 0 Å². The molecule has 0 aliphatic heterocycles. The molecule has 0 aliphatic rings. The van der Waals surface area contributed by atoms with Crippen molar-refractivity contribution in [3.05, 3.63) is 48.5 Å². The van der Waals surface area contributed by atoms with Gasteiger partial charge < -0.3 is 5.11 Å². The molecule has 0 amide bonds. The van der Waals surface area contributed by atoms with Crippen molar-refractivity contribution in [3.8, 4) is 5.75 Å². The number of phenols is 1. The summed E-state index contributed by atoms with van der Waals surface area (Å²) in [6.07, 6.45) is 0. The van der Waals surface area contributed by atoms with Gasteiger partial charge in [-0.2, -0.15) is 0 Å². The van der Waals surface area contributed by atoms with Crippen molar-refractivity contribution >= 4 is 21.8 Å². The maximum absolute atomic E-state index is 12.3. The highest BCUT2D eigenvalue weighted by Crippen LogP contribution is 2.33. The van der Waals surface area contributed by atoms with Gasteiger partial charge in [0, 0.05) is 15.8 Å². The first kappa shape index (κ1) is 15.9. The van der Waals surface area contributed by atoms with Gasteiger partial charge in [-0.15, -0.1) is 0 Å². The number of hydrogen-bond donors (Lipinski definition) is 2. The molecular weight excluding hydrogens is 306 g/mol. The minimum absolute atomic E-state index is 0.165. The summed E-state index contributed by atoms with van der Waals surface area (Å²) in [7, 11) is -3.54. The van der Waals surface area contributed by atoms with E-state index < -0.39 is 10.0 Å². The number of nitrogens with one attached hydrogen (secondary N) is 1. The molecule has 2 rings (SSSR count). The van der Waals surface area contributed by atoms with Crippen LogP contribution < -0.4 is 4.72 Å². The normalized spacial score (nSPS) is 11.8. The molecule has 0 fully saturated rings. The Hall–Kier alpha value is -1.50. The molecule has 2 N–H and O–H groups in total. The van der Waals surface area contributed by atoms with E-state index in [0.717, 1.165) is 4.90 Å². The third kappa shape index (κ3) is 4.23. The van der Waals surface area contributed by atoms with Crippen molar-refractivity contribution in [1.29, 1.82) is 0 Å². The first-order chi connectivity index (χ1) is 9.88. The van der Waals surface area contributed by atoms with E-state index in [1.165, 1.54) is 11.8 Å². The lowest BCUT2D eigenvalue weighted by Gasteiger charge is -2.13. The van der Waals surface area contributed by atoms with E-state index in [0.29, 0.717) is 4.90 Å². The highest BCUT2D eigenvalue weighted by molar-refractivity contribution is 8.00. The SMILES string of the molecule is CC(C)NS(=O)(=O)c1ccccc1Sc1ccc(O)cc1. The summed E-state index contributed by atoms with van der Waals surface area (Å²) in [5, 5.41) is 9.29. The first-order valence-corrected chi connectivity index (χ1v) is 8.77.